The number of para-hydroxylation sites is 1. The van der Waals surface area contributed by atoms with E-state index in [9.17, 15) is 8.42 Å². The van der Waals surface area contributed by atoms with E-state index < -0.39 is 10.0 Å². The quantitative estimate of drug-likeness (QED) is 0.756. The molecule has 2 aromatic carbocycles. The van der Waals surface area contributed by atoms with Crippen LogP contribution in [0.1, 0.15) is 11.1 Å². The standard InChI is InChI=1S/C17H15N3O2S/c18-11-13-5-7-15(8-6-13)23(21,22)20-10-9-14-12-19-17-4-2-1-3-16(14)17/h1-8,12,19-20H,9-10H2. The predicted octanol–water partition coefficient (Wildman–Crippen LogP) is 2.56. The van der Waals surface area contributed by atoms with Crippen LogP contribution < -0.4 is 4.72 Å². The van der Waals surface area contributed by atoms with Crippen molar-refractivity contribution in [3.8, 4) is 6.07 Å². The highest BCUT2D eigenvalue weighted by Crippen LogP contribution is 2.18. The Kier molecular flexibility index (Phi) is 4.15. The van der Waals surface area contributed by atoms with Gasteiger partial charge in [-0.25, -0.2) is 13.1 Å². The van der Waals surface area contributed by atoms with Crippen LogP contribution in [0.15, 0.2) is 59.6 Å². The highest BCUT2D eigenvalue weighted by molar-refractivity contribution is 7.89. The lowest BCUT2D eigenvalue weighted by Crippen LogP contribution is -2.25. The van der Waals surface area contributed by atoms with Crippen LogP contribution in [0.3, 0.4) is 0 Å². The normalized spacial score (nSPS) is 11.4. The smallest absolute Gasteiger partial charge is 0.240 e. The molecule has 0 aliphatic heterocycles. The third-order valence-electron chi connectivity index (χ3n) is 3.66. The Bertz CT molecular complexity index is 967. The summed E-state index contributed by atoms with van der Waals surface area (Å²) in [5.74, 6) is 0. The molecule has 3 rings (SSSR count). The van der Waals surface area contributed by atoms with E-state index in [1.54, 1.807) is 0 Å². The van der Waals surface area contributed by atoms with Crippen molar-refractivity contribution in [3.63, 3.8) is 0 Å². The molecule has 0 amide bonds. The summed E-state index contributed by atoms with van der Waals surface area (Å²) in [5, 5.41) is 9.85. The fourth-order valence-electron chi connectivity index (χ4n) is 2.45. The van der Waals surface area contributed by atoms with E-state index >= 15 is 0 Å². The van der Waals surface area contributed by atoms with Crippen LogP contribution in [0.5, 0.6) is 0 Å². The minimum atomic E-state index is -3.56. The molecule has 1 aromatic heterocycles. The zero-order chi connectivity index (χ0) is 16.3. The lowest BCUT2D eigenvalue weighted by molar-refractivity contribution is 0.581. The Morgan fingerprint density at radius 1 is 1.09 bits per heavy atom. The molecule has 0 radical (unpaired) electrons. The molecule has 5 nitrogen and oxygen atoms in total. The molecule has 6 heteroatoms. The van der Waals surface area contributed by atoms with Crippen molar-refractivity contribution in [1.29, 1.82) is 5.26 Å². The Morgan fingerprint density at radius 2 is 1.83 bits per heavy atom. The Hall–Kier alpha value is -2.62. The first kappa shape index (κ1) is 15.3. The second-order valence-electron chi connectivity index (χ2n) is 5.14. The molecule has 0 bridgehead atoms. The van der Waals surface area contributed by atoms with Crippen LogP contribution in [0.25, 0.3) is 10.9 Å². The van der Waals surface area contributed by atoms with Crippen molar-refractivity contribution in [2.75, 3.05) is 6.54 Å². The number of nitrogens with one attached hydrogen (secondary N) is 2. The summed E-state index contributed by atoms with van der Waals surface area (Å²) in [4.78, 5) is 3.33. The average Bonchev–Trinajstić information content (AvgIpc) is 2.98. The molecule has 116 valence electrons. The molecule has 0 fully saturated rings. The lowest BCUT2D eigenvalue weighted by atomic mass is 10.1. The molecule has 0 spiro atoms. The first-order valence-electron chi connectivity index (χ1n) is 7.15. The summed E-state index contributed by atoms with van der Waals surface area (Å²) < 4.78 is 27.0. The van der Waals surface area contributed by atoms with Gasteiger partial charge in [0.05, 0.1) is 16.5 Å². The van der Waals surface area contributed by atoms with Gasteiger partial charge in [-0.2, -0.15) is 5.26 Å². The largest absolute Gasteiger partial charge is 0.361 e. The molecule has 23 heavy (non-hydrogen) atoms. The molecule has 1 heterocycles. The number of benzene rings is 2. The number of aromatic nitrogens is 1. The first-order chi connectivity index (χ1) is 11.1. The van der Waals surface area contributed by atoms with Crippen LogP contribution in [-0.4, -0.2) is 19.9 Å². The molecule has 3 aromatic rings. The van der Waals surface area contributed by atoms with Crippen LogP contribution in [0.2, 0.25) is 0 Å². The number of nitriles is 1. The molecule has 0 aliphatic rings. The first-order valence-corrected chi connectivity index (χ1v) is 8.63. The number of H-pyrrole nitrogens is 1. The van der Waals surface area contributed by atoms with Crippen molar-refractivity contribution in [1.82, 2.24) is 9.71 Å². The fraction of sp³-hybridized carbons (Fsp3) is 0.118. The second-order valence-corrected chi connectivity index (χ2v) is 6.91. The predicted molar refractivity (Wildman–Crippen MR) is 88.3 cm³/mol. The summed E-state index contributed by atoms with van der Waals surface area (Å²) in [7, 11) is -3.56. The molecule has 0 saturated heterocycles. The second kappa shape index (κ2) is 6.24. The summed E-state index contributed by atoms with van der Waals surface area (Å²) in [6.07, 6.45) is 2.50. The van der Waals surface area contributed by atoms with E-state index in [4.69, 9.17) is 5.26 Å². The minimum absolute atomic E-state index is 0.162. The van der Waals surface area contributed by atoms with Crippen LogP contribution >= 0.6 is 0 Å². The SMILES string of the molecule is N#Cc1ccc(S(=O)(=O)NCCc2c[nH]c3ccccc23)cc1. The summed E-state index contributed by atoms with van der Waals surface area (Å²) in [6, 6.07) is 15.7. The minimum Gasteiger partial charge on any atom is -0.361 e. The van der Waals surface area contributed by atoms with Crippen molar-refractivity contribution < 1.29 is 8.42 Å². The van der Waals surface area contributed by atoms with Crippen molar-refractivity contribution in [2.45, 2.75) is 11.3 Å². The van der Waals surface area contributed by atoms with Crippen molar-refractivity contribution in [2.24, 2.45) is 0 Å². The van der Waals surface area contributed by atoms with Gasteiger partial charge in [0.15, 0.2) is 0 Å². The van der Waals surface area contributed by atoms with Crippen molar-refractivity contribution >= 4 is 20.9 Å². The summed E-state index contributed by atoms with van der Waals surface area (Å²) in [6.45, 7) is 0.310. The molecule has 2 N–H and O–H groups in total. The average molecular weight is 325 g/mol. The highest BCUT2D eigenvalue weighted by atomic mass is 32.2. The van der Waals surface area contributed by atoms with E-state index in [0.29, 0.717) is 18.5 Å². The van der Waals surface area contributed by atoms with Gasteiger partial charge in [-0.1, -0.05) is 18.2 Å². The van der Waals surface area contributed by atoms with Crippen LogP contribution in [0, 0.1) is 11.3 Å². The molecule has 0 saturated carbocycles. The highest BCUT2D eigenvalue weighted by Gasteiger charge is 2.13. The van der Waals surface area contributed by atoms with Crippen molar-refractivity contribution in [3.05, 3.63) is 65.9 Å². The Balaban J connectivity index is 1.68. The molecule has 0 aliphatic carbocycles. The third-order valence-corrected chi connectivity index (χ3v) is 5.13. The topological polar surface area (TPSA) is 85.8 Å². The number of rotatable bonds is 5. The third kappa shape index (κ3) is 3.26. The van der Waals surface area contributed by atoms with Gasteiger partial charge in [0.25, 0.3) is 0 Å². The van der Waals surface area contributed by atoms with Gasteiger partial charge in [0.2, 0.25) is 10.0 Å². The van der Waals surface area contributed by atoms with Crippen LogP contribution in [-0.2, 0) is 16.4 Å². The van der Waals surface area contributed by atoms with Gasteiger partial charge in [0, 0.05) is 23.6 Å². The molecule has 0 atom stereocenters. The van der Waals surface area contributed by atoms with Gasteiger partial charge in [-0.15, -0.1) is 0 Å². The van der Waals surface area contributed by atoms with E-state index in [0.717, 1.165) is 16.5 Å². The maximum Gasteiger partial charge on any atom is 0.240 e. The lowest BCUT2D eigenvalue weighted by Gasteiger charge is -2.06. The summed E-state index contributed by atoms with van der Waals surface area (Å²) >= 11 is 0. The number of hydrogen-bond donors (Lipinski definition) is 2. The molecular weight excluding hydrogens is 310 g/mol. The number of aromatic amines is 1. The van der Waals surface area contributed by atoms with Gasteiger partial charge in [-0.3, -0.25) is 0 Å². The maximum absolute atomic E-state index is 12.2. The van der Waals surface area contributed by atoms with E-state index in [1.165, 1.54) is 24.3 Å². The number of sulfonamides is 1. The van der Waals surface area contributed by atoms with E-state index in [2.05, 4.69) is 9.71 Å². The number of fused-ring (bicyclic) bond motifs is 1. The fourth-order valence-corrected chi connectivity index (χ4v) is 3.48. The van der Waals surface area contributed by atoms with Gasteiger partial charge >= 0.3 is 0 Å². The summed E-state index contributed by atoms with van der Waals surface area (Å²) in [5.41, 5.74) is 2.54. The molecular formula is C17H15N3O2S. The Morgan fingerprint density at radius 3 is 2.57 bits per heavy atom. The number of nitrogens with zero attached hydrogens (tertiary/aromatic N) is 1. The van der Waals surface area contributed by atoms with Gasteiger partial charge < -0.3 is 4.98 Å². The Labute approximate surface area is 134 Å². The monoisotopic (exact) mass is 325 g/mol. The molecule has 0 unspecified atom stereocenters. The zero-order valence-electron chi connectivity index (χ0n) is 12.3. The zero-order valence-corrected chi connectivity index (χ0v) is 13.1. The van der Waals surface area contributed by atoms with E-state index in [1.807, 2.05) is 36.5 Å². The van der Waals surface area contributed by atoms with E-state index in [-0.39, 0.29) is 4.90 Å². The number of hydrogen-bond acceptors (Lipinski definition) is 3. The van der Waals surface area contributed by atoms with Crippen LogP contribution in [0.4, 0.5) is 0 Å². The maximum atomic E-state index is 12.2. The van der Waals surface area contributed by atoms with Gasteiger partial charge in [-0.05, 0) is 42.3 Å². The van der Waals surface area contributed by atoms with Gasteiger partial charge in [0.1, 0.15) is 0 Å².